The number of thioether (sulfide) groups is 2. The highest BCUT2D eigenvalue weighted by Crippen LogP contribution is 2.33. The first kappa shape index (κ1) is 13.7. The monoisotopic (exact) mass is 456 g/mol. The van der Waals surface area contributed by atoms with E-state index < -0.39 is 0 Å². The van der Waals surface area contributed by atoms with E-state index in [1.54, 1.807) is 0 Å². The van der Waals surface area contributed by atoms with E-state index in [9.17, 15) is 0 Å². The van der Waals surface area contributed by atoms with Crippen LogP contribution in [-0.2, 0) is 0 Å². The second-order valence-corrected chi connectivity index (χ2v) is 6.98. The van der Waals surface area contributed by atoms with Crippen LogP contribution in [0, 0.1) is 0 Å². The van der Waals surface area contributed by atoms with Gasteiger partial charge < -0.3 is 24.0 Å². The second-order valence-electron chi connectivity index (χ2n) is 3.32. The molecule has 14 heavy (non-hydrogen) atoms. The number of rotatable bonds is 1. The van der Waals surface area contributed by atoms with E-state index >= 15 is 0 Å². The Morgan fingerprint density at radius 2 is 2.43 bits per heavy atom. The predicted molar refractivity (Wildman–Crippen MR) is 69.2 cm³/mol. The van der Waals surface area contributed by atoms with Crippen LogP contribution in [0.4, 0.5) is 0 Å². The molecule has 82 valence electrons. The minimum Gasteiger partial charge on any atom is -1.00 e. The smallest absolute Gasteiger partial charge is 0.237 e. The fourth-order valence-electron chi connectivity index (χ4n) is 1.64. The van der Waals surface area contributed by atoms with E-state index in [2.05, 4.69) is 51.4 Å². The number of nitrogens with zero attached hydrogens (tertiary/aromatic N) is 1. The van der Waals surface area contributed by atoms with E-state index in [0.29, 0.717) is 4.71 Å². The lowest BCUT2D eigenvalue weighted by atomic mass is 10.2. The average molecular weight is 456 g/mol. The highest BCUT2D eigenvalue weighted by Gasteiger charge is 2.38. The summed E-state index contributed by atoms with van der Waals surface area (Å²) < 4.78 is 1.86. The summed E-state index contributed by atoms with van der Waals surface area (Å²) in [4.78, 5) is 0. The maximum absolute atomic E-state index is 3.48. The Balaban J connectivity index is 0.000000980. The van der Waals surface area contributed by atoms with Gasteiger partial charge in [0.15, 0.2) is 4.71 Å². The van der Waals surface area contributed by atoms with Crippen molar-refractivity contribution in [3.63, 3.8) is 0 Å². The molecule has 2 aliphatic rings. The highest BCUT2D eigenvalue weighted by molar-refractivity contribution is 14.1. The molecule has 1 fully saturated rings. The number of halogens is 2. The summed E-state index contributed by atoms with van der Waals surface area (Å²) in [7, 11) is 0. The molecule has 0 aromatic rings. The molecule has 1 saturated heterocycles. The third-order valence-electron chi connectivity index (χ3n) is 2.30. The lowest BCUT2D eigenvalue weighted by molar-refractivity contribution is -0.646. The summed E-state index contributed by atoms with van der Waals surface area (Å²) in [6.45, 7) is 2.17. The molecule has 6 heteroatoms. The molecule has 0 aromatic heterocycles. The zero-order valence-electron chi connectivity index (χ0n) is 8.00. The Morgan fingerprint density at radius 3 is 3.14 bits per heavy atom. The molecule has 0 amide bonds. The van der Waals surface area contributed by atoms with Crippen LogP contribution < -0.4 is 29.1 Å². The highest BCUT2D eigenvalue weighted by atomic mass is 127. The van der Waals surface area contributed by atoms with Crippen molar-refractivity contribution < 1.29 is 29.1 Å². The summed E-state index contributed by atoms with van der Waals surface area (Å²) >= 11 is 6.55. The summed E-state index contributed by atoms with van der Waals surface area (Å²) in [6, 6.07) is 0.727. The Hall–Kier alpha value is 1.63. The Kier molecular flexibility index (Phi) is 6.25. The molecule has 2 nitrogen and oxygen atoms in total. The largest absolute Gasteiger partial charge is 1.00 e. The molecule has 2 atom stereocenters. The number of hydrazone groups is 1. The summed E-state index contributed by atoms with van der Waals surface area (Å²) in [5, 5.41) is 7.29. The van der Waals surface area contributed by atoms with Gasteiger partial charge in [-0.15, -0.1) is 16.9 Å². The fourth-order valence-corrected chi connectivity index (χ4v) is 5.22. The van der Waals surface area contributed by atoms with Crippen LogP contribution in [-0.4, -0.2) is 31.0 Å². The van der Waals surface area contributed by atoms with Gasteiger partial charge in [0.2, 0.25) is 5.04 Å². The van der Waals surface area contributed by atoms with Crippen molar-refractivity contribution in [2.45, 2.75) is 30.5 Å². The molecule has 0 radical (unpaired) electrons. The van der Waals surface area contributed by atoms with Crippen LogP contribution >= 0.6 is 46.1 Å². The number of hydrazine groups is 1. The maximum atomic E-state index is 3.48. The van der Waals surface area contributed by atoms with E-state index in [1.165, 1.54) is 28.1 Å². The lowest BCUT2D eigenvalue weighted by Crippen LogP contribution is -3.00. The molecule has 0 aromatic carbocycles. The van der Waals surface area contributed by atoms with Crippen LogP contribution in [0.1, 0.15) is 19.8 Å². The molecule has 2 unspecified atom stereocenters. The van der Waals surface area contributed by atoms with Crippen molar-refractivity contribution in [1.29, 1.82) is 0 Å². The van der Waals surface area contributed by atoms with Gasteiger partial charge in [0.1, 0.15) is 0 Å². The zero-order chi connectivity index (χ0) is 9.26. The van der Waals surface area contributed by atoms with Crippen molar-refractivity contribution >= 4 is 51.2 Å². The third-order valence-corrected chi connectivity index (χ3v) is 5.93. The third kappa shape index (κ3) is 3.07. The minimum atomic E-state index is 0. The molecule has 0 spiro atoms. The van der Waals surface area contributed by atoms with Crippen LogP contribution in [0.15, 0.2) is 0 Å². The number of alkyl halides is 1. The number of hydrogen-bond donors (Lipinski definition) is 1. The van der Waals surface area contributed by atoms with Gasteiger partial charge in [-0.1, -0.05) is 22.6 Å². The molecular formula is C8H14I2N2S2. The summed E-state index contributed by atoms with van der Waals surface area (Å²) in [5.41, 5.74) is 0. The molecular weight excluding hydrogens is 442 g/mol. The fraction of sp³-hybridized carbons (Fsp3) is 0.875. The molecule has 1 N–H and O–H groups in total. The standard InChI is InChI=1S/C8H13IN2S2.HI/c1-6-10-11-7(5-9)3-2-4-12-8(11)13-6;/h7-8H,2-5H2,1H3;1H. The normalized spacial score (nSPS) is 31.6. The first-order valence-electron chi connectivity index (χ1n) is 4.54. The van der Waals surface area contributed by atoms with E-state index in [0.717, 1.165) is 6.04 Å². The van der Waals surface area contributed by atoms with E-state index in [-0.39, 0.29) is 24.0 Å². The quantitative estimate of drug-likeness (QED) is 0.366. The van der Waals surface area contributed by atoms with Gasteiger partial charge in [-0.05, 0) is 30.4 Å². The zero-order valence-corrected chi connectivity index (χ0v) is 14.0. The van der Waals surface area contributed by atoms with E-state index in [1.807, 2.05) is 11.8 Å². The van der Waals surface area contributed by atoms with Crippen LogP contribution in [0.5, 0.6) is 0 Å². The molecule has 0 saturated carbocycles. The SMILES string of the molecule is CC1=[NH+]N2C(CI)CCCSC2S1.[I-]. The Labute approximate surface area is 125 Å². The van der Waals surface area contributed by atoms with Gasteiger partial charge in [-0.25, -0.2) is 0 Å². The number of hydrogen-bond acceptors (Lipinski definition) is 3. The topological polar surface area (TPSA) is 17.2 Å². The molecule has 2 heterocycles. The van der Waals surface area contributed by atoms with Crippen LogP contribution in [0.2, 0.25) is 0 Å². The van der Waals surface area contributed by atoms with Crippen molar-refractivity contribution in [2.24, 2.45) is 0 Å². The van der Waals surface area contributed by atoms with Crippen molar-refractivity contribution in [3.05, 3.63) is 0 Å². The lowest BCUT2D eigenvalue weighted by Gasteiger charge is -2.21. The predicted octanol–water partition coefficient (Wildman–Crippen LogP) is -1.93. The first-order chi connectivity index (χ1) is 6.31. The number of nitrogens with one attached hydrogen (secondary N) is 1. The molecule has 0 aliphatic carbocycles. The van der Waals surface area contributed by atoms with Crippen molar-refractivity contribution in [1.82, 2.24) is 5.01 Å². The van der Waals surface area contributed by atoms with Gasteiger partial charge in [-0.3, -0.25) is 0 Å². The summed E-state index contributed by atoms with van der Waals surface area (Å²) in [6.07, 6.45) is 2.71. The van der Waals surface area contributed by atoms with Gasteiger partial charge in [0.05, 0.1) is 6.04 Å². The van der Waals surface area contributed by atoms with Gasteiger partial charge >= 0.3 is 0 Å². The van der Waals surface area contributed by atoms with Crippen molar-refractivity contribution in [2.75, 3.05) is 10.2 Å². The van der Waals surface area contributed by atoms with Crippen LogP contribution in [0.25, 0.3) is 0 Å². The second kappa shape index (κ2) is 6.39. The average Bonchev–Trinajstić information content (AvgIpc) is 2.37. The molecule has 2 rings (SSSR count). The van der Waals surface area contributed by atoms with Gasteiger partial charge in [-0.2, -0.15) is 5.01 Å². The molecule has 2 aliphatic heterocycles. The minimum absolute atomic E-state index is 0. The maximum Gasteiger partial charge on any atom is 0.237 e. The van der Waals surface area contributed by atoms with Crippen LogP contribution in [0.3, 0.4) is 0 Å². The van der Waals surface area contributed by atoms with Gasteiger partial charge in [0, 0.05) is 11.4 Å². The Morgan fingerprint density at radius 1 is 1.64 bits per heavy atom. The van der Waals surface area contributed by atoms with Gasteiger partial charge in [0.25, 0.3) is 0 Å². The Bertz CT molecular complexity index is 225. The van der Waals surface area contributed by atoms with Crippen molar-refractivity contribution in [3.8, 4) is 0 Å². The first-order valence-corrected chi connectivity index (χ1v) is 7.99. The molecule has 0 bridgehead atoms. The summed E-state index contributed by atoms with van der Waals surface area (Å²) in [5.74, 6) is 1.32. The number of fused-ring (bicyclic) bond motifs is 1. The van der Waals surface area contributed by atoms with E-state index in [4.69, 9.17) is 0 Å².